The van der Waals surface area contributed by atoms with Crippen molar-refractivity contribution in [3.63, 3.8) is 0 Å². The van der Waals surface area contributed by atoms with Crippen LogP contribution in [0.5, 0.6) is 0 Å². The number of ether oxygens (including phenoxy) is 1. The second kappa shape index (κ2) is 9.48. The molecule has 18 radical (unpaired) electrons. The number of amides is 3. The zero-order valence-corrected chi connectivity index (χ0v) is 20.7. The van der Waals surface area contributed by atoms with E-state index in [0.29, 0.717) is 51.5 Å². The van der Waals surface area contributed by atoms with Crippen molar-refractivity contribution in [2.75, 3.05) is 19.6 Å². The third-order valence-electron chi connectivity index (χ3n) is 7.96. The predicted molar refractivity (Wildman–Crippen MR) is 147 cm³/mol. The Hall–Kier alpha value is -1.73. The van der Waals surface area contributed by atoms with Gasteiger partial charge in [0.15, 0.2) is 0 Å². The number of aromatic nitrogens is 1. The first-order chi connectivity index (χ1) is 17.0. The minimum Gasteiger partial charge on any atom is -0.448 e. The van der Waals surface area contributed by atoms with Gasteiger partial charge in [-0.25, -0.2) is 9.59 Å². The van der Waals surface area contributed by atoms with Gasteiger partial charge in [0.2, 0.25) is 0 Å². The van der Waals surface area contributed by atoms with E-state index in [1.807, 2.05) is 6.07 Å². The molecule has 2 aliphatic heterocycles. The summed E-state index contributed by atoms with van der Waals surface area (Å²) in [5, 5.41) is -4.40. The van der Waals surface area contributed by atoms with Crippen LogP contribution in [0.4, 0.5) is 9.59 Å². The van der Waals surface area contributed by atoms with Crippen LogP contribution in [0.15, 0.2) is 18.5 Å². The van der Waals surface area contributed by atoms with Crippen molar-refractivity contribution < 1.29 is 14.3 Å². The monoisotopic (exact) mass is 476 g/mol. The maximum atomic E-state index is 13.1. The molecule has 1 saturated heterocycles. The van der Waals surface area contributed by atoms with Crippen molar-refractivity contribution in [1.82, 2.24) is 20.1 Å². The number of hydrogen-bond acceptors (Lipinski definition) is 4. The number of urea groups is 1. The Morgan fingerprint density at radius 1 is 0.946 bits per heavy atom. The number of piperidine rings is 1. The van der Waals surface area contributed by atoms with Crippen molar-refractivity contribution >= 4 is 82.7 Å². The van der Waals surface area contributed by atoms with Crippen LogP contribution >= 0.6 is 0 Å². The summed E-state index contributed by atoms with van der Waals surface area (Å²) in [4.78, 5) is 33.0. The molecule has 1 unspecified atom stereocenters. The highest BCUT2D eigenvalue weighted by Gasteiger charge is 2.59. The summed E-state index contributed by atoms with van der Waals surface area (Å²) in [6, 6.07) is 1.83. The fourth-order valence-corrected chi connectivity index (χ4v) is 5.74. The highest BCUT2D eigenvalue weighted by molar-refractivity contribution is 6.70. The van der Waals surface area contributed by atoms with Crippen LogP contribution in [0.1, 0.15) is 30.4 Å². The van der Waals surface area contributed by atoms with E-state index in [1.165, 1.54) is 4.90 Å². The third kappa shape index (κ3) is 5.15. The van der Waals surface area contributed by atoms with Gasteiger partial charge in [-0.05, 0) is 47.8 Å². The average molecular weight is 475 g/mol. The zero-order valence-electron chi connectivity index (χ0n) is 20.7. The summed E-state index contributed by atoms with van der Waals surface area (Å²) >= 11 is 0. The number of carbonyl (C=O) groups is 2. The summed E-state index contributed by atoms with van der Waals surface area (Å²) in [5.41, 5.74) is -0.444. The molecular formula is C21H21B9N4O3. The molecule has 3 aliphatic rings. The number of hydrogen-bond donors (Lipinski definition) is 1. The number of fused-ring (bicyclic) bond motifs is 1. The Kier molecular flexibility index (Phi) is 7.25. The van der Waals surface area contributed by atoms with E-state index >= 15 is 0 Å². The lowest BCUT2D eigenvalue weighted by atomic mass is 9.13. The number of carbonyl (C=O) groups excluding carboxylic acids is 2. The molecule has 1 aliphatic carbocycles. The van der Waals surface area contributed by atoms with Crippen LogP contribution < -0.4 is 5.32 Å². The summed E-state index contributed by atoms with van der Waals surface area (Å²) in [6.45, 7) is 2.36. The van der Waals surface area contributed by atoms with E-state index in [4.69, 9.17) is 75.4 Å². The van der Waals surface area contributed by atoms with Crippen LogP contribution in [0.3, 0.4) is 0 Å². The number of nitrogens with one attached hydrogen (secondary N) is 1. The Labute approximate surface area is 230 Å². The Morgan fingerprint density at radius 3 is 2.05 bits per heavy atom. The molecule has 1 N–H and O–H groups in total. The lowest BCUT2D eigenvalue weighted by Crippen LogP contribution is -2.66. The van der Waals surface area contributed by atoms with Crippen LogP contribution in [-0.2, 0) is 17.8 Å². The first-order valence-corrected chi connectivity index (χ1v) is 12.0. The maximum absolute atomic E-state index is 13.1. The van der Waals surface area contributed by atoms with Gasteiger partial charge in [-0.2, -0.15) is 0 Å². The molecule has 16 heteroatoms. The van der Waals surface area contributed by atoms with E-state index in [-0.39, 0.29) is 11.4 Å². The Bertz CT molecular complexity index is 988. The van der Waals surface area contributed by atoms with Crippen LogP contribution in [0, 0.1) is 11.3 Å². The van der Waals surface area contributed by atoms with E-state index in [2.05, 4.69) is 10.3 Å². The van der Waals surface area contributed by atoms with Crippen molar-refractivity contribution in [1.29, 1.82) is 0 Å². The standard InChI is InChI=1S/C21H21B9N4O3/c22-19(23,24)18(20(25,26)27,21(28,29)30)37-16(36)33-5-2-17(3-6-33)7-14(17)9-32-15(35)34-10-12-1-4-31-8-13(12)11-34/h1,4,8,14H,2-3,5-7,9-11H2,(H,32,35). The molecule has 170 valence electrons. The minimum absolute atomic E-state index is 0.0249. The van der Waals surface area contributed by atoms with Gasteiger partial charge in [0, 0.05) is 45.1 Å². The highest BCUT2D eigenvalue weighted by atomic mass is 16.6. The molecule has 7 nitrogen and oxygen atoms in total. The third-order valence-corrected chi connectivity index (χ3v) is 7.96. The van der Waals surface area contributed by atoms with Gasteiger partial charge in [-0.15, -0.1) is 0 Å². The van der Waals surface area contributed by atoms with Crippen LogP contribution in [0.2, 0.25) is 15.3 Å². The van der Waals surface area contributed by atoms with Crippen LogP contribution in [-0.4, -0.2) is 123 Å². The van der Waals surface area contributed by atoms with Gasteiger partial charge in [0.05, 0.1) is 76.2 Å². The van der Waals surface area contributed by atoms with E-state index < -0.39 is 27.0 Å². The molecule has 3 heterocycles. The average Bonchev–Trinajstić information content (AvgIpc) is 3.24. The molecule has 0 bridgehead atoms. The Balaban J connectivity index is 1.30. The summed E-state index contributed by atoms with van der Waals surface area (Å²) < 4.78 is 5.44. The molecular weight excluding hydrogens is 454 g/mol. The number of likely N-dealkylation sites (tertiary alicyclic amines) is 1. The lowest BCUT2D eigenvalue weighted by molar-refractivity contribution is -0.0149. The minimum atomic E-state index is -2.64. The fourth-order valence-electron chi connectivity index (χ4n) is 5.74. The molecule has 4 rings (SSSR count). The Morgan fingerprint density at radius 2 is 1.51 bits per heavy atom. The first kappa shape index (κ1) is 28.3. The van der Waals surface area contributed by atoms with Gasteiger partial charge in [0.25, 0.3) is 0 Å². The molecule has 1 spiro atoms. The maximum Gasteiger partial charge on any atom is 0.410 e. The van der Waals surface area contributed by atoms with Gasteiger partial charge in [-0.1, -0.05) is 15.3 Å². The van der Waals surface area contributed by atoms with Gasteiger partial charge in [-0.3, -0.25) is 4.98 Å². The molecule has 1 atom stereocenters. The molecule has 1 aromatic rings. The van der Waals surface area contributed by atoms with Gasteiger partial charge < -0.3 is 19.9 Å². The quantitative estimate of drug-likeness (QED) is 0.527. The van der Waals surface area contributed by atoms with Crippen molar-refractivity contribution in [2.45, 2.75) is 53.3 Å². The predicted octanol–water partition coefficient (Wildman–Crippen LogP) is -1.18. The number of rotatable bonds is 6. The largest absolute Gasteiger partial charge is 0.448 e. The second-order valence-electron chi connectivity index (χ2n) is 10.8. The summed E-state index contributed by atoms with van der Waals surface area (Å²) in [5.74, 6) is 0.305. The molecule has 1 aromatic heterocycles. The van der Waals surface area contributed by atoms with Crippen molar-refractivity contribution in [2.24, 2.45) is 11.3 Å². The summed E-state index contributed by atoms with van der Waals surface area (Å²) in [7, 11) is 52.2. The SMILES string of the molecule is [B]C([B])([B])C(OC(=O)N1CCC2(CC1)CC2CNC(=O)N1Cc2ccncc2C1)(C([B])([B])[B])C([B])([B])[B]. The normalized spacial score (nSPS) is 21.4. The lowest BCUT2D eigenvalue weighted by Gasteiger charge is -2.63. The second-order valence-corrected chi connectivity index (χ2v) is 10.8. The first-order valence-electron chi connectivity index (χ1n) is 12.0. The smallest absolute Gasteiger partial charge is 0.410 e. The zero-order chi connectivity index (χ0) is 27.4. The number of pyridine rings is 1. The van der Waals surface area contributed by atoms with E-state index in [1.54, 1.807) is 17.3 Å². The highest BCUT2D eigenvalue weighted by Crippen LogP contribution is 2.60. The molecule has 2 fully saturated rings. The molecule has 3 amide bonds. The van der Waals surface area contributed by atoms with Crippen molar-refractivity contribution in [3.8, 4) is 0 Å². The topological polar surface area (TPSA) is 74.8 Å². The molecule has 37 heavy (non-hydrogen) atoms. The molecule has 0 aromatic carbocycles. The summed E-state index contributed by atoms with van der Waals surface area (Å²) in [6.07, 6.45) is 4.92. The van der Waals surface area contributed by atoms with Gasteiger partial charge in [0.1, 0.15) is 0 Å². The van der Waals surface area contributed by atoms with E-state index in [9.17, 15) is 9.59 Å². The van der Waals surface area contributed by atoms with Crippen molar-refractivity contribution in [3.05, 3.63) is 29.6 Å². The van der Waals surface area contributed by atoms with Crippen LogP contribution in [0.25, 0.3) is 0 Å². The van der Waals surface area contributed by atoms with E-state index in [0.717, 1.165) is 17.5 Å². The fraction of sp³-hybridized carbons (Fsp3) is 0.667. The van der Waals surface area contributed by atoms with Gasteiger partial charge >= 0.3 is 12.1 Å². The number of nitrogens with zero attached hydrogens (tertiary/aromatic N) is 3. The molecule has 1 saturated carbocycles.